The lowest BCUT2D eigenvalue weighted by atomic mass is 10.4. The second-order valence-corrected chi connectivity index (χ2v) is 2.43. The zero-order chi connectivity index (χ0) is 7.84. The van der Waals surface area contributed by atoms with Crippen molar-refractivity contribution in [1.82, 2.24) is 14.3 Å². The number of hydrogen-bond acceptors (Lipinski definition) is 2. The average molecular weight is 170 g/mol. The predicted octanol–water partition coefficient (Wildman–Crippen LogP) is 0.726. The van der Waals surface area contributed by atoms with Gasteiger partial charge in [-0.2, -0.15) is 4.20 Å². The molecule has 0 aliphatic rings. The molecule has 2 rings (SSSR count). The third kappa shape index (κ3) is 0.832. The Balaban J connectivity index is 3.07. The van der Waals surface area contributed by atoms with Gasteiger partial charge in [0.05, 0.1) is 0 Å². The molecule has 4 nitrogen and oxygen atoms in total. The molecule has 0 atom stereocenters. The number of hydrogen-bond donors (Lipinski definition) is 1. The van der Waals surface area contributed by atoms with Crippen LogP contribution in [0.2, 0.25) is 0 Å². The summed E-state index contributed by atoms with van der Waals surface area (Å²) in [6, 6.07) is 3.43. The van der Waals surface area contributed by atoms with E-state index in [1.54, 1.807) is 18.3 Å². The number of nitrogens with zero attached hydrogens (tertiary/aromatic N) is 2. The molecule has 0 fully saturated rings. The molecule has 0 radical (unpaired) electrons. The van der Waals surface area contributed by atoms with Gasteiger partial charge in [-0.1, -0.05) is 0 Å². The van der Waals surface area contributed by atoms with Gasteiger partial charge < -0.3 is 0 Å². The van der Waals surface area contributed by atoms with Crippen LogP contribution in [-0.4, -0.2) is 14.3 Å². The van der Waals surface area contributed by atoms with E-state index in [1.165, 1.54) is 0 Å². The molecule has 0 saturated carbocycles. The first-order valence-corrected chi connectivity index (χ1v) is 3.35. The summed E-state index contributed by atoms with van der Waals surface area (Å²) in [7, 11) is 0. The molecule has 0 aromatic carbocycles. The smallest absolute Gasteiger partial charge is 0.265 e. The van der Waals surface area contributed by atoms with Crippen LogP contribution in [0.25, 0.3) is 11.0 Å². The normalized spacial score (nSPS) is 10.6. The zero-order valence-corrected chi connectivity index (χ0v) is 6.17. The van der Waals surface area contributed by atoms with Crippen molar-refractivity contribution in [1.29, 1.82) is 0 Å². The fourth-order valence-electron chi connectivity index (χ4n) is 0.933. The standard InChI is InChI=1S/C6H4ClN3O/c7-10-4-2-1-3-8-5(4)6(11)9-10/h1-3H,(H,9,11). The summed E-state index contributed by atoms with van der Waals surface area (Å²) in [5, 5.41) is 2.38. The van der Waals surface area contributed by atoms with Gasteiger partial charge in [0.15, 0.2) is 5.52 Å². The van der Waals surface area contributed by atoms with Gasteiger partial charge in [-0.15, -0.1) is 0 Å². The van der Waals surface area contributed by atoms with Crippen LogP contribution in [0.1, 0.15) is 0 Å². The second kappa shape index (κ2) is 2.10. The Hall–Kier alpha value is -1.29. The second-order valence-electron chi connectivity index (χ2n) is 2.09. The molecule has 11 heavy (non-hydrogen) atoms. The number of rotatable bonds is 0. The summed E-state index contributed by atoms with van der Waals surface area (Å²) in [5.41, 5.74) is 0.692. The molecule has 5 heteroatoms. The highest BCUT2D eigenvalue weighted by Gasteiger charge is 2.03. The molecule has 0 spiro atoms. The Bertz CT molecular complexity index is 444. The van der Waals surface area contributed by atoms with Crippen LogP contribution < -0.4 is 5.56 Å². The van der Waals surface area contributed by atoms with E-state index < -0.39 is 0 Å². The summed E-state index contributed by atoms with van der Waals surface area (Å²) in [6.45, 7) is 0. The van der Waals surface area contributed by atoms with Crippen molar-refractivity contribution < 1.29 is 0 Å². The molecular weight excluding hydrogens is 166 g/mol. The van der Waals surface area contributed by atoms with E-state index in [9.17, 15) is 4.79 Å². The Morgan fingerprint density at radius 3 is 3.18 bits per heavy atom. The quantitative estimate of drug-likeness (QED) is 0.632. The number of nitrogens with one attached hydrogen (secondary N) is 1. The van der Waals surface area contributed by atoms with Crippen LogP contribution in [0, 0.1) is 0 Å². The summed E-state index contributed by atoms with van der Waals surface area (Å²) in [4.78, 5) is 14.8. The molecule has 2 heterocycles. The summed E-state index contributed by atoms with van der Waals surface area (Å²) < 4.78 is 1.13. The molecule has 0 saturated heterocycles. The van der Waals surface area contributed by atoms with Crippen molar-refractivity contribution in [3.8, 4) is 0 Å². The minimum absolute atomic E-state index is 0.268. The molecule has 56 valence electrons. The van der Waals surface area contributed by atoms with E-state index in [0.29, 0.717) is 11.0 Å². The molecule has 0 aliphatic carbocycles. The maximum absolute atomic E-state index is 11.0. The third-order valence-electron chi connectivity index (χ3n) is 1.41. The van der Waals surface area contributed by atoms with E-state index in [2.05, 4.69) is 10.1 Å². The van der Waals surface area contributed by atoms with E-state index >= 15 is 0 Å². The Morgan fingerprint density at radius 2 is 2.45 bits per heavy atom. The van der Waals surface area contributed by atoms with Crippen LogP contribution >= 0.6 is 11.8 Å². The fourth-order valence-corrected chi connectivity index (χ4v) is 1.15. The molecular formula is C6H4ClN3O. The number of H-pyrrole nitrogens is 1. The molecule has 2 aromatic heterocycles. The van der Waals surface area contributed by atoms with Gasteiger partial charge in [-0.3, -0.25) is 4.79 Å². The number of aromatic amines is 1. The number of fused-ring (bicyclic) bond motifs is 1. The molecule has 0 unspecified atom stereocenters. The minimum Gasteiger partial charge on any atom is -0.265 e. The monoisotopic (exact) mass is 169 g/mol. The average Bonchev–Trinajstić information content (AvgIpc) is 2.30. The number of pyridine rings is 1. The van der Waals surface area contributed by atoms with Gasteiger partial charge in [0.25, 0.3) is 5.56 Å². The van der Waals surface area contributed by atoms with Crippen molar-refractivity contribution in [2.45, 2.75) is 0 Å². The van der Waals surface area contributed by atoms with Crippen molar-refractivity contribution in [3.63, 3.8) is 0 Å². The largest absolute Gasteiger partial charge is 0.291 e. The Morgan fingerprint density at radius 1 is 1.64 bits per heavy atom. The van der Waals surface area contributed by atoms with Gasteiger partial charge in [0.2, 0.25) is 0 Å². The van der Waals surface area contributed by atoms with Gasteiger partial charge in [0.1, 0.15) is 5.52 Å². The first-order chi connectivity index (χ1) is 5.29. The summed E-state index contributed by atoms with van der Waals surface area (Å²) >= 11 is 5.60. The minimum atomic E-state index is -0.268. The summed E-state index contributed by atoms with van der Waals surface area (Å²) in [5.74, 6) is 0. The predicted molar refractivity (Wildman–Crippen MR) is 41.6 cm³/mol. The number of aromatic nitrogens is 3. The van der Waals surface area contributed by atoms with Crippen molar-refractivity contribution in [2.24, 2.45) is 0 Å². The van der Waals surface area contributed by atoms with E-state index in [0.717, 1.165) is 4.20 Å². The molecule has 0 amide bonds. The third-order valence-corrected chi connectivity index (χ3v) is 1.68. The van der Waals surface area contributed by atoms with Crippen molar-refractivity contribution in [3.05, 3.63) is 28.7 Å². The highest BCUT2D eigenvalue weighted by atomic mass is 35.5. The first-order valence-electron chi connectivity index (χ1n) is 3.01. The highest BCUT2D eigenvalue weighted by molar-refractivity contribution is 6.17. The maximum atomic E-state index is 11.0. The lowest BCUT2D eigenvalue weighted by Gasteiger charge is -1.86. The van der Waals surface area contributed by atoms with Gasteiger partial charge in [-0.25, -0.2) is 10.1 Å². The zero-order valence-electron chi connectivity index (χ0n) is 5.41. The van der Waals surface area contributed by atoms with Crippen LogP contribution in [0.4, 0.5) is 0 Å². The first kappa shape index (κ1) is 6.42. The summed E-state index contributed by atoms with van der Waals surface area (Å²) in [6.07, 6.45) is 1.55. The van der Waals surface area contributed by atoms with Gasteiger partial charge in [-0.05, 0) is 12.1 Å². The van der Waals surface area contributed by atoms with Crippen LogP contribution in [0.3, 0.4) is 0 Å². The SMILES string of the molecule is O=c1[nH]n(Cl)c2cccnc12. The maximum Gasteiger partial charge on any atom is 0.291 e. The van der Waals surface area contributed by atoms with Crippen LogP contribution in [-0.2, 0) is 0 Å². The number of halogens is 1. The lowest BCUT2D eigenvalue weighted by Crippen LogP contribution is -2.00. The molecule has 1 N–H and O–H groups in total. The van der Waals surface area contributed by atoms with E-state index in [-0.39, 0.29) is 5.56 Å². The van der Waals surface area contributed by atoms with E-state index in [1.807, 2.05) is 0 Å². The van der Waals surface area contributed by atoms with Crippen LogP contribution in [0.5, 0.6) is 0 Å². The Kier molecular flexibility index (Phi) is 1.22. The van der Waals surface area contributed by atoms with E-state index in [4.69, 9.17) is 11.8 Å². The molecule has 0 bridgehead atoms. The Labute approximate surface area is 66.5 Å². The van der Waals surface area contributed by atoms with Crippen LogP contribution in [0.15, 0.2) is 23.1 Å². The lowest BCUT2D eigenvalue weighted by molar-refractivity contribution is 0.995. The van der Waals surface area contributed by atoms with Gasteiger partial charge >= 0.3 is 0 Å². The molecule has 2 aromatic rings. The fraction of sp³-hybridized carbons (Fsp3) is 0. The topological polar surface area (TPSA) is 50.7 Å². The van der Waals surface area contributed by atoms with Crippen molar-refractivity contribution >= 4 is 22.8 Å². The highest BCUT2D eigenvalue weighted by Crippen LogP contribution is 2.05. The molecule has 0 aliphatic heterocycles. The van der Waals surface area contributed by atoms with Gasteiger partial charge in [0, 0.05) is 18.0 Å². The van der Waals surface area contributed by atoms with Crippen molar-refractivity contribution in [2.75, 3.05) is 0 Å².